The fourth-order valence-corrected chi connectivity index (χ4v) is 1.68. The Balaban J connectivity index is 2.14. The van der Waals surface area contributed by atoms with E-state index in [1.807, 2.05) is 51.1 Å². The molecule has 4 heteroatoms. The van der Waals surface area contributed by atoms with Crippen LogP contribution in [0.4, 0.5) is 4.79 Å². The van der Waals surface area contributed by atoms with E-state index >= 15 is 0 Å². The second-order valence-corrected chi connectivity index (χ2v) is 5.67. The molecule has 0 bridgehead atoms. The lowest BCUT2D eigenvalue weighted by Gasteiger charge is -2.19. The van der Waals surface area contributed by atoms with Crippen molar-refractivity contribution in [2.45, 2.75) is 45.6 Å². The van der Waals surface area contributed by atoms with Crippen LogP contribution in [0.3, 0.4) is 0 Å². The summed E-state index contributed by atoms with van der Waals surface area (Å²) in [7, 11) is 0. The van der Waals surface area contributed by atoms with Crippen molar-refractivity contribution in [3.8, 4) is 0 Å². The van der Waals surface area contributed by atoms with Gasteiger partial charge in [0.05, 0.1) is 0 Å². The number of amides is 1. The molecule has 0 saturated heterocycles. The summed E-state index contributed by atoms with van der Waals surface area (Å²) in [6.07, 6.45) is 1.60. The van der Waals surface area contributed by atoms with Gasteiger partial charge in [0.1, 0.15) is 5.60 Å². The minimum absolute atomic E-state index is 0.142. The number of rotatable bonds is 6. The van der Waals surface area contributed by atoms with Gasteiger partial charge in [0.25, 0.3) is 0 Å². The van der Waals surface area contributed by atoms with Crippen LogP contribution in [0, 0.1) is 0 Å². The van der Waals surface area contributed by atoms with Gasteiger partial charge in [-0.1, -0.05) is 30.3 Å². The lowest BCUT2D eigenvalue weighted by molar-refractivity contribution is 0.0527. The smallest absolute Gasteiger partial charge is 0.407 e. The summed E-state index contributed by atoms with van der Waals surface area (Å²) < 4.78 is 5.12. The molecule has 1 N–H and O–H groups in total. The Morgan fingerprint density at radius 1 is 1.10 bits per heavy atom. The van der Waals surface area contributed by atoms with Crippen molar-refractivity contribution in [1.29, 1.82) is 0 Å². The Morgan fingerprint density at radius 2 is 1.75 bits per heavy atom. The van der Waals surface area contributed by atoms with E-state index in [0.717, 1.165) is 18.4 Å². The van der Waals surface area contributed by atoms with Crippen molar-refractivity contribution < 1.29 is 14.3 Å². The molecule has 0 aromatic heterocycles. The quantitative estimate of drug-likeness (QED) is 0.639. The SMILES string of the molecule is CC(C)(C)OC(=O)NCCCCC(=O)c1ccccc1. The maximum atomic E-state index is 11.8. The van der Waals surface area contributed by atoms with Crippen LogP contribution in [0.1, 0.15) is 50.4 Å². The van der Waals surface area contributed by atoms with E-state index < -0.39 is 11.7 Å². The zero-order valence-electron chi connectivity index (χ0n) is 12.4. The highest BCUT2D eigenvalue weighted by Gasteiger charge is 2.15. The molecule has 0 heterocycles. The van der Waals surface area contributed by atoms with Gasteiger partial charge in [0.2, 0.25) is 0 Å². The number of hydrogen-bond donors (Lipinski definition) is 1. The van der Waals surface area contributed by atoms with Crippen LogP contribution in [0.2, 0.25) is 0 Å². The largest absolute Gasteiger partial charge is 0.444 e. The first-order valence-electron chi connectivity index (χ1n) is 6.93. The third-order valence-electron chi connectivity index (χ3n) is 2.59. The molecule has 110 valence electrons. The molecular weight excluding hydrogens is 254 g/mol. The third-order valence-corrected chi connectivity index (χ3v) is 2.59. The molecule has 1 amide bonds. The number of hydrogen-bond acceptors (Lipinski definition) is 3. The summed E-state index contributed by atoms with van der Waals surface area (Å²) in [5, 5.41) is 2.68. The van der Waals surface area contributed by atoms with E-state index in [1.54, 1.807) is 0 Å². The molecule has 1 aromatic carbocycles. The number of ketones is 1. The lowest BCUT2D eigenvalue weighted by atomic mass is 10.1. The highest BCUT2D eigenvalue weighted by atomic mass is 16.6. The second kappa shape index (κ2) is 7.68. The van der Waals surface area contributed by atoms with Crippen LogP contribution in [0.25, 0.3) is 0 Å². The average Bonchev–Trinajstić information content (AvgIpc) is 2.37. The minimum Gasteiger partial charge on any atom is -0.444 e. The van der Waals surface area contributed by atoms with Crippen LogP contribution in [-0.4, -0.2) is 24.0 Å². The van der Waals surface area contributed by atoms with Gasteiger partial charge in [-0.3, -0.25) is 4.79 Å². The predicted octanol–water partition coefficient (Wildman–Crippen LogP) is 3.56. The highest BCUT2D eigenvalue weighted by molar-refractivity contribution is 5.95. The topological polar surface area (TPSA) is 55.4 Å². The molecule has 0 atom stereocenters. The van der Waals surface area contributed by atoms with E-state index in [-0.39, 0.29) is 5.78 Å². The standard InChI is InChI=1S/C16H23NO3/c1-16(2,3)20-15(19)17-12-8-7-11-14(18)13-9-5-4-6-10-13/h4-6,9-10H,7-8,11-12H2,1-3H3,(H,17,19). The van der Waals surface area contributed by atoms with Crippen molar-refractivity contribution in [3.63, 3.8) is 0 Å². The van der Waals surface area contributed by atoms with E-state index in [2.05, 4.69) is 5.32 Å². The van der Waals surface area contributed by atoms with E-state index in [9.17, 15) is 9.59 Å². The molecule has 20 heavy (non-hydrogen) atoms. The summed E-state index contributed by atoms with van der Waals surface area (Å²) in [6, 6.07) is 9.25. The van der Waals surface area contributed by atoms with Gasteiger partial charge < -0.3 is 10.1 Å². The van der Waals surface area contributed by atoms with Crippen molar-refractivity contribution in [2.75, 3.05) is 6.54 Å². The third kappa shape index (κ3) is 6.92. The monoisotopic (exact) mass is 277 g/mol. The summed E-state index contributed by atoms with van der Waals surface area (Å²) in [4.78, 5) is 23.2. The number of unbranched alkanes of at least 4 members (excludes halogenated alkanes) is 1. The first kappa shape index (κ1) is 16.2. The Labute approximate surface area is 120 Å². The maximum absolute atomic E-state index is 11.8. The molecule has 1 aromatic rings. The number of carbonyl (C=O) groups excluding carboxylic acids is 2. The normalized spacial score (nSPS) is 10.9. The Kier molecular flexibility index (Phi) is 6.22. The first-order valence-corrected chi connectivity index (χ1v) is 6.93. The Hall–Kier alpha value is -1.84. The van der Waals surface area contributed by atoms with Crippen LogP contribution in [0.5, 0.6) is 0 Å². The second-order valence-electron chi connectivity index (χ2n) is 5.67. The van der Waals surface area contributed by atoms with Crippen molar-refractivity contribution >= 4 is 11.9 Å². The van der Waals surface area contributed by atoms with Crippen molar-refractivity contribution in [1.82, 2.24) is 5.32 Å². The molecule has 0 radical (unpaired) electrons. The predicted molar refractivity (Wildman–Crippen MR) is 78.9 cm³/mol. The van der Waals surface area contributed by atoms with Crippen molar-refractivity contribution in [3.05, 3.63) is 35.9 Å². The number of ether oxygens (including phenoxy) is 1. The van der Waals surface area contributed by atoms with Gasteiger partial charge in [-0.15, -0.1) is 0 Å². The molecule has 0 fully saturated rings. The molecule has 4 nitrogen and oxygen atoms in total. The van der Waals surface area contributed by atoms with Gasteiger partial charge >= 0.3 is 6.09 Å². The summed E-state index contributed by atoms with van der Waals surface area (Å²) in [5.74, 6) is 0.142. The van der Waals surface area contributed by atoms with E-state index in [4.69, 9.17) is 4.74 Å². The molecule has 0 saturated carbocycles. The van der Waals surface area contributed by atoms with Gasteiger partial charge in [0, 0.05) is 18.5 Å². The summed E-state index contributed by atoms with van der Waals surface area (Å²) in [6.45, 7) is 6.00. The van der Waals surface area contributed by atoms with Crippen LogP contribution in [0.15, 0.2) is 30.3 Å². The van der Waals surface area contributed by atoms with E-state index in [0.29, 0.717) is 13.0 Å². The molecule has 1 rings (SSSR count). The first-order chi connectivity index (χ1) is 9.38. The molecule has 0 aliphatic carbocycles. The fourth-order valence-electron chi connectivity index (χ4n) is 1.68. The van der Waals surface area contributed by atoms with Crippen LogP contribution < -0.4 is 5.32 Å². The average molecular weight is 277 g/mol. The minimum atomic E-state index is -0.479. The number of alkyl carbamates (subject to hydrolysis) is 1. The Morgan fingerprint density at radius 3 is 2.35 bits per heavy atom. The number of Topliss-reactive ketones (excluding diaryl/α,β-unsaturated/α-hetero) is 1. The molecular formula is C16H23NO3. The molecule has 0 spiro atoms. The van der Waals surface area contributed by atoms with Gasteiger partial charge in [-0.2, -0.15) is 0 Å². The lowest BCUT2D eigenvalue weighted by Crippen LogP contribution is -2.33. The Bertz CT molecular complexity index is 435. The van der Waals surface area contributed by atoms with Gasteiger partial charge in [-0.05, 0) is 33.6 Å². The zero-order valence-corrected chi connectivity index (χ0v) is 12.4. The number of nitrogens with one attached hydrogen (secondary N) is 1. The molecule has 0 aliphatic heterocycles. The highest BCUT2D eigenvalue weighted by Crippen LogP contribution is 2.08. The zero-order chi connectivity index (χ0) is 15.0. The molecule has 0 aliphatic rings. The maximum Gasteiger partial charge on any atom is 0.407 e. The van der Waals surface area contributed by atoms with Crippen LogP contribution >= 0.6 is 0 Å². The number of carbonyl (C=O) groups is 2. The van der Waals surface area contributed by atoms with Gasteiger partial charge in [-0.25, -0.2) is 4.79 Å². The van der Waals surface area contributed by atoms with Crippen LogP contribution in [-0.2, 0) is 4.74 Å². The summed E-state index contributed by atoms with van der Waals surface area (Å²) >= 11 is 0. The molecule has 0 unspecified atom stereocenters. The van der Waals surface area contributed by atoms with E-state index in [1.165, 1.54) is 0 Å². The van der Waals surface area contributed by atoms with Crippen molar-refractivity contribution in [2.24, 2.45) is 0 Å². The number of benzene rings is 1. The summed E-state index contributed by atoms with van der Waals surface area (Å²) in [5.41, 5.74) is 0.264. The van der Waals surface area contributed by atoms with Gasteiger partial charge in [0.15, 0.2) is 5.78 Å². The fraction of sp³-hybridized carbons (Fsp3) is 0.500.